The van der Waals surface area contributed by atoms with Crippen LogP contribution in [0.15, 0.2) is 85.3 Å². The van der Waals surface area contributed by atoms with Crippen molar-refractivity contribution >= 4 is 32.9 Å². The lowest BCUT2D eigenvalue weighted by Crippen LogP contribution is -2.58. The number of hydrogen-bond acceptors (Lipinski definition) is 7. The first kappa shape index (κ1) is 28.7. The van der Waals surface area contributed by atoms with E-state index in [9.17, 15) is 4.79 Å². The van der Waals surface area contributed by atoms with Crippen molar-refractivity contribution in [2.75, 3.05) is 13.7 Å². The SMILES string of the molecule is C=C1NC(=O)C=CN1[C@@H]1O[C@H](CC)C(O[P@]2O[C@@H](C[Si](C)(c3ccccc3)c3ccccc3)[C@H]3CCCN32)[C@@H]1OC. The molecule has 0 spiro atoms. The minimum atomic E-state index is -2.09. The molecule has 6 rings (SSSR count). The number of ether oxygens (including phenoxy) is 2. The fourth-order valence-corrected chi connectivity index (χ4v) is 12.7. The second kappa shape index (κ2) is 12.1. The highest BCUT2D eigenvalue weighted by Gasteiger charge is 2.54. The van der Waals surface area contributed by atoms with Crippen LogP contribution in [0.3, 0.4) is 0 Å². The number of nitrogens with one attached hydrogen (secondary N) is 1. The zero-order chi connectivity index (χ0) is 28.6. The molecule has 218 valence electrons. The van der Waals surface area contributed by atoms with Crippen molar-refractivity contribution in [3.8, 4) is 0 Å². The molecule has 0 aliphatic carbocycles. The topological polar surface area (TPSA) is 72.5 Å². The minimum absolute atomic E-state index is 0.0971. The van der Waals surface area contributed by atoms with Crippen LogP contribution in [0, 0.1) is 0 Å². The number of methoxy groups -OCH3 is 1. The summed E-state index contributed by atoms with van der Waals surface area (Å²) in [6, 6.07) is 23.3. The predicted molar refractivity (Wildman–Crippen MR) is 163 cm³/mol. The minimum Gasteiger partial charge on any atom is -0.374 e. The van der Waals surface area contributed by atoms with E-state index in [4.69, 9.17) is 18.5 Å². The fraction of sp³-hybridized carbons (Fsp3) is 0.452. The molecule has 0 bridgehead atoms. The standard InChI is InChI=1S/C31H40N3O5PSi/c1-5-26-29(30(36-3)31(37-26)33-20-18-28(35)32-22(33)2)39-40-34-19-12-17-25(34)27(38-40)21-41(4,23-13-8-6-9-14-23)24-15-10-7-11-16-24/h6-11,13-16,18,20,25-27,29-31H,2,5,12,17,19,21H2,1,3-4H3,(H,32,35)/t25-,26-,27+,29?,30+,31-,40+/m1/s1. The van der Waals surface area contributed by atoms with E-state index in [0.717, 1.165) is 31.9 Å². The van der Waals surface area contributed by atoms with Crippen LogP contribution < -0.4 is 15.7 Å². The number of nitrogens with zero attached hydrogens (tertiary/aromatic N) is 2. The van der Waals surface area contributed by atoms with Gasteiger partial charge < -0.3 is 28.7 Å². The quantitative estimate of drug-likeness (QED) is 0.349. The molecule has 0 radical (unpaired) electrons. The Bertz CT molecular complexity index is 1230. The van der Waals surface area contributed by atoms with Crippen LogP contribution >= 0.6 is 8.53 Å². The van der Waals surface area contributed by atoms with Crippen LogP contribution in [-0.4, -0.2) is 73.9 Å². The van der Waals surface area contributed by atoms with E-state index < -0.39 is 22.8 Å². The largest absolute Gasteiger partial charge is 0.374 e. The predicted octanol–water partition coefficient (Wildman–Crippen LogP) is 3.92. The van der Waals surface area contributed by atoms with Gasteiger partial charge >= 0.3 is 0 Å². The number of carbonyl (C=O) groups excluding carboxylic acids is 1. The van der Waals surface area contributed by atoms with Crippen molar-refractivity contribution in [1.82, 2.24) is 14.9 Å². The third-order valence-corrected chi connectivity index (χ3v) is 15.2. The van der Waals surface area contributed by atoms with Gasteiger partial charge in [0.2, 0.25) is 0 Å². The second-order valence-electron chi connectivity index (χ2n) is 11.4. The Morgan fingerprint density at radius 1 is 1.07 bits per heavy atom. The van der Waals surface area contributed by atoms with Crippen LogP contribution in [0.2, 0.25) is 12.6 Å². The maximum Gasteiger partial charge on any atom is 0.259 e. The number of amides is 1. The molecule has 3 fully saturated rings. The molecular weight excluding hydrogens is 553 g/mol. The summed E-state index contributed by atoms with van der Waals surface area (Å²) >= 11 is 0. The molecule has 1 N–H and O–H groups in total. The highest BCUT2D eigenvalue weighted by Crippen LogP contribution is 2.58. The molecule has 10 heteroatoms. The summed E-state index contributed by atoms with van der Waals surface area (Å²) in [4.78, 5) is 13.6. The second-order valence-corrected chi connectivity index (χ2v) is 17.1. The Morgan fingerprint density at radius 2 is 1.76 bits per heavy atom. The zero-order valence-corrected chi connectivity index (χ0v) is 25.9. The molecule has 8 nitrogen and oxygen atoms in total. The zero-order valence-electron chi connectivity index (χ0n) is 24.0. The van der Waals surface area contributed by atoms with Gasteiger partial charge in [-0.1, -0.05) is 91.1 Å². The summed E-state index contributed by atoms with van der Waals surface area (Å²) < 4.78 is 28.8. The normalized spacial score (nSPS) is 32.0. The molecule has 7 atom stereocenters. The first-order valence-corrected chi connectivity index (χ1v) is 18.4. The van der Waals surface area contributed by atoms with Gasteiger partial charge in [0.15, 0.2) is 6.23 Å². The summed E-state index contributed by atoms with van der Waals surface area (Å²) in [6.45, 7) is 9.57. The van der Waals surface area contributed by atoms with Gasteiger partial charge in [-0.25, -0.2) is 4.67 Å². The van der Waals surface area contributed by atoms with Gasteiger partial charge in [-0.15, -0.1) is 0 Å². The lowest BCUT2D eigenvalue weighted by molar-refractivity contribution is -0.118. The number of fused-ring (bicyclic) bond motifs is 1. The fourth-order valence-electron chi connectivity index (χ4n) is 6.75. The van der Waals surface area contributed by atoms with Crippen molar-refractivity contribution < 1.29 is 23.3 Å². The average Bonchev–Trinajstić information content (AvgIpc) is 3.69. The van der Waals surface area contributed by atoms with E-state index in [1.165, 1.54) is 16.4 Å². The van der Waals surface area contributed by atoms with Crippen molar-refractivity contribution in [3.05, 3.63) is 85.3 Å². The van der Waals surface area contributed by atoms with E-state index in [0.29, 0.717) is 11.9 Å². The van der Waals surface area contributed by atoms with Gasteiger partial charge in [-0.05, 0) is 25.3 Å². The van der Waals surface area contributed by atoms with Crippen LogP contribution in [0.4, 0.5) is 0 Å². The highest BCUT2D eigenvalue weighted by molar-refractivity contribution is 7.45. The van der Waals surface area contributed by atoms with Gasteiger partial charge in [-0.2, -0.15) is 0 Å². The molecule has 3 saturated heterocycles. The maximum absolute atomic E-state index is 11.8. The number of benzene rings is 2. The molecule has 1 unspecified atom stereocenters. The molecule has 41 heavy (non-hydrogen) atoms. The molecule has 0 saturated carbocycles. The Kier molecular flexibility index (Phi) is 8.48. The van der Waals surface area contributed by atoms with Crippen LogP contribution in [0.25, 0.3) is 0 Å². The van der Waals surface area contributed by atoms with Crippen LogP contribution in [-0.2, 0) is 23.3 Å². The summed E-state index contributed by atoms with van der Waals surface area (Å²) in [7, 11) is -1.69. The van der Waals surface area contributed by atoms with E-state index in [2.05, 4.69) is 90.7 Å². The first-order chi connectivity index (χ1) is 19.9. The Balaban J connectivity index is 1.24. The molecule has 0 aromatic heterocycles. The molecule has 4 aliphatic rings. The number of rotatable bonds is 9. The van der Waals surface area contributed by atoms with Gasteiger partial charge in [0, 0.05) is 32.0 Å². The highest BCUT2D eigenvalue weighted by atomic mass is 31.2. The van der Waals surface area contributed by atoms with Gasteiger partial charge in [0.25, 0.3) is 14.4 Å². The monoisotopic (exact) mass is 593 g/mol. The van der Waals surface area contributed by atoms with Crippen molar-refractivity contribution in [3.63, 3.8) is 0 Å². The van der Waals surface area contributed by atoms with Crippen molar-refractivity contribution in [2.45, 2.75) is 75.5 Å². The Labute approximate surface area is 245 Å². The third kappa shape index (κ3) is 5.45. The molecule has 4 heterocycles. The van der Waals surface area contributed by atoms with E-state index in [-0.39, 0.29) is 30.3 Å². The summed E-state index contributed by atoms with van der Waals surface area (Å²) in [5.74, 6) is 0.266. The molecule has 2 aromatic rings. The summed E-state index contributed by atoms with van der Waals surface area (Å²) in [6.07, 6.45) is 4.97. The smallest absolute Gasteiger partial charge is 0.259 e. The number of hydrogen-bond donors (Lipinski definition) is 1. The van der Waals surface area contributed by atoms with Crippen molar-refractivity contribution in [1.29, 1.82) is 0 Å². The van der Waals surface area contributed by atoms with E-state index in [1.54, 1.807) is 13.3 Å². The molecule has 1 amide bonds. The lowest BCUT2D eigenvalue weighted by Gasteiger charge is -2.34. The van der Waals surface area contributed by atoms with E-state index >= 15 is 0 Å². The summed E-state index contributed by atoms with van der Waals surface area (Å²) in [5, 5.41) is 5.61. The van der Waals surface area contributed by atoms with E-state index in [1.807, 2.05) is 4.90 Å². The third-order valence-electron chi connectivity index (χ3n) is 8.98. The molecule has 2 aromatic carbocycles. The average molecular weight is 594 g/mol. The van der Waals surface area contributed by atoms with Gasteiger partial charge in [-0.3, -0.25) is 4.79 Å². The van der Waals surface area contributed by atoms with Gasteiger partial charge in [0.1, 0.15) is 26.1 Å². The number of carbonyl (C=O) groups is 1. The summed E-state index contributed by atoms with van der Waals surface area (Å²) in [5.41, 5.74) is 0. The van der Waals surface area contributed by atoms with Gasteiger partial charge in [0.05, 0.1) is 12.2 Å². The lowest BCUT2D eigenvalue weighted by atomic mass is 10.1. The maximum atomic E-state index is 11.8. The Morgan fingerprint density at radius 3 is 2.37 bits per heavy atom. The van der Waals surface area contributed by atoms with Crippen LogP contribution in [0.1, 0.15) is 26.2 Å². The molecule has 4 aliphatic heterocycles. The Hall–Kier alpha value is -2.36. The molecular formula is C31H40N3O5PSi. The first-order valence-electron chi connectivity index (χ1n) is 14.6. The van der Waals surface area contributed by atoms with Crippen LogP contribution in [0.5, 0.6) is 0 Å². The van der Waals surface area contributed by atoms with Crippen molar-refractivity contribution in [2.24, 2.45) is 0 Å².